The first-order valence-corrected chi connectivity index (χ1v) is 7.50. The van der Waals surface area contributed by atoms with E-state index in [4.69, 9.17) is 0 Å². The molecule has 0 aliphatic heterocycles. The standard InChI is InChI=1S/C16H32N2O2/c1-12(19)17-11-9-8-10-13(18-16(5,6)7)14(20)15(2,3)4/h13,18H,8-11H2,1-7H3,(H,17,19). The predicted molar refractivity (Wildman–Crippen MR) is 83.7 cm³/mol. The van der Waals surface area contributed by atoms with Gasteiger partial charge in [0, 0.05) is 24.4 Å². The first-order valence-electron chi connectivity index (χ1n) is 7.50. The second-order valence-electron chi connectivity index (χ2n) is 7.54. The van der Waals surface area contributed by atoms with E-state index in [0.29, 0.717) is 6.54 Å². The fraction of sp³-hybridized carbons (Fsp3) is 0.875. The van der Waals surface area contributed by atoms with Gasteiger partial charge >= 0.3 is 0 Å². The fourth-order valence-electron chi connectivity index (χ4n) is 2.05. The van der Waals surface area contributed by atoms with Crippen LogP contribution in [0.15, 0.2) is 0 Å². The van der Waals surface area contributed by atoms with E-state index in [2.05, 4.69) is 31.4 Å². The van der Waals surface area contributed by atoms with Gasteiger partial charge in [-0.05, 0) is 40.0 Å². The van der Waals surface area contributed by atoms with Gasteiger partial charge in [0.25, 0.3) is 0 Å². The van der Waals surface area contributed by atoms with Crippen LogP contribution in [0, 0.1) is 5.41 Å². The monoisotopic (exact) mass is 284 g/mol. The van der Waals surface area contributed by atoms with E-state index in [1.807, 2.05) is 20.8 Å². The summed E-state index contributed by atoms with van der Waals surface area (Å²) in [5.41, 5.74) is -0.413. The molecule has 0 aliphatic rings. The van der Waals surface area contributed by atoms with Crippen molar-refractivity contribution in [3.63, 3.8) is 0 Å². The molecule has 0 aromatic carbocycles. The van der Waals surface area contributed by atoms with Crippen molar-refractivity contribution in [2.24, 2.45) is 5.41 Å². The van der Waals surface area contributed by atoms with Crippen LogP contribution < -0.4 is 10.6 Å². The maximum atomic E-state index is 12.5. The maximum Gasteiger partial charge on any atom is 0.216 e. The van der Waals surface area contributed by atoms with Crippen LogP contribution in [0.2, 0.25) is 0 Å². The van der Waals surface area contributed by atoms with E-state index < -0.39 is 0 Å². The molecule has 118 valence electrons. The molecule has 0 aromatic heterocycles. The number of carbonyl (C=O) groups excluding carboxylic acids is 2. The Hall–Kier alpha value is -0.900. The van der Waals surface area contributed by atoms with Crippen LogP contribution in [0.1, 0.15) is 67.7 Å². The molecule has 4 heteroatoms. The Morgan fingerprint density at radius 1 is 1.00 bits per heavy atom. The average molecular weight is 284 g/mol. The lowest BCUT2D eigenvalue weighted by atomic mass is 9.84. The number of carbonyl (C=O) groups is 2. The first kappa shape index (κ1) is 19.1. The Morgan fingerprint density at radius 3 is 1.95 bits per heavy atom. The number of amides is 1. The van der Waals surface area contributed by atoms with Crippen LogP contribution in [0.25, 0.3) is 0 Å². The highest BCUT2D eigenvalue weighted by Crippen LogP contribution is 2.21. The van der Waals surface area contributed by atoms with Crippen LogP contribution >= 0.6 is 0 Å². The number of unbranched alkanes of at least 4 members (excludes halogenated alkanes) is 1. The predicted octanol–water partition coefficient (Wildman–Crippen LogP) is 2.66. The van der Waals surface area contributed by atoms with Crippen molar-refractivity contribution < 1.29 is 9.59 Å². The average Bonchev–Trinajstić information content (AvgIpc) is 2.22. The number of hydrogen-bond acceptors (Lipinski definition) is 3. The third-order valence-corrected chi connectivity index (χ3v) is 2.96. The highest BCUT2D eigenvalue weighted by Gasteiger charge is 2.31. The molecule has 0 fully saturated rings. The van der Waals surface area contributed by atoms with E-state index in [1.165, 1.54) is 6.92 Å². The molecular formula is C16H32N2O2. The third kappa shape index (κ3) is 9.08. The second kappa shape index (κ2) is 7.77. The number of rotatable bonds is 7. The van der Waals surface area contributed by atoms with Crippen molar-refractivity contribution in [3.05, 3.63) is 0 Å². The third-order valence-electron chi connectivity index (χ3n) is 2.96. The van der Waals surface area contributed by atoms with Gasteiger partial charge < -0.3 is 10.6 Å². The van der Waals surface area contributed by atoms with Gasteiger partial charge in [-0.2, -0.15) is 0 Å². The van der Waals surface area contributed by atoms with Gasteiger partial charge in [-0.15, -0.1) is 0 Å². The molecule has 20 heavy (non-hydrogen) atoms. The van der Waals surface area contributed by atoms with Gasteiger partial charge in [0.15, 0.2) is 5.78 Å². The molecule has 0 spiro atoms. The van der Waals surface area contributed by atoms with Crippen molar-refractivity contribution in [1.29, 1.82) is 0 Å². The molecule has 0 radical (unpaired) electrons. The van der Waals surface area contributed by atoms with Crippen LogP contribution in [-0.4, -0.2) is 29.8 Å². The maximum absolute atomic E-state index is 12.5. The zero-order valence-electron chi connectivity index (χ0n) is 14.2. The summed E-state index contributed by atoms with van der Waals surface area (Å²) in [6, 6.07) is -0.118. The van der Waals surface area contributed by atoms with Crippen LogP contribution in [0.4, 0.5) is 0 Å². The number of nitrogens with one attached hydrogen (secondary N) is 2. The minimum Gasteiger partial charge on any atom is -0.356 e. The molecule has 0 aliphatic carbocycles. The normalized spacial score (nSPS) is 13.9. The summed E-state index contributed by atoms with van der Waals surface area (Å²) >= 11 is 0. The Kier molecular flexibility index (Phi) is 7.42. The number of Topliss-reactive ketones (excluding diaryl/α,β-unsaturated/α-hetero) is 1. The topological polar surface area (TPSA) is 58.2 Å². The number of hydrogen-bond donors (Lipinski definition) is 2. The Labute approximate surface area is 124 Å². The zero-order valence-corrected chi connectivity index (χ0v) is 14.2. The minimum atomic E-state index is -0.333. The van der Waals surface area contributed by atoms with E-state index in [9.17, 15) is 9.59 Å². The van der Waals surface area contributed by atoms with Gasteiger partial charge in [-0.25, -0.2) is 0 Å². The highest BCUT2D eigenvalue weighted by molar-refractivity contribution is 5.88. The molecule has 0 heterocycles. The smallest absolute Gasteiger partial charge is 0.216 e. The molecule has 0 saturated carbocycles. The molecule has 0 aromatic rings. The molecular weight excluding hydrogens is 252 g/mol. The quantitative estimate of drug-likeness (QED) is 0.707. The molecule has 1 atom stereocenters. The molecule has 0 saturated heterocycles. The van der Waals surface area contributed by atoms with Crippen molar-refractivity contribution >= 4 is 11.7 Å². The van der Waals surface area contributed by atoms with Crippen LogP contribution in [0.5, 0.6) is 0 Å². The molecule has 1 amide bonds. The Balaban J connectivity index is 4.41. The van der Waals surface area contributed by atoms with Crippen LogP contribution in [0.3, 0.4) is 0 Å². The largest absolute Gasteiger partial charge is 0.356 e. The van der Waals surface area contributed by atoms with Crippen molar-refractivity contribution in [3.8, 4) is 0 Å². The van der Waals surface area contributed by atoms with Gasteiger partial charge in [-0.1, -0.05) is 20.8 Å². The Morgan fingerprint density at radius 2 is 1.55 bits per heavy atom. The SMILES string of the molecule is CC(=O)NCCCCC(NC(C)(C)C)C(=O)C(C)(C)C. The van der Waals surface area contributed by atoms with Crippen molar-refractivity contribution in [2.45, 2.75) is 79.3 Å². The summed E-state index contributed by atoms with van der Waals surface area (Å²) in [4.78, 5) is 23.3. The molecule has 2 N–H and O–H groups in total. The van der Waals surface area contributed by atoms with E-state index in [1.54, 1.807) is 0 Å². The zero-order chi connectivity index (χ0) is 16.0. The summed E-state index contributed by atoms with van der Waals surface area (Å²) < 4.78 is 0. The van der Waals surface area contributed by atoms with Gasteiger partial charge in [0.2, 0.25) is 5.91 Å². The van der Waals surface area contributed by atoms with Crippen molar-refractivity contribution in [2.75, 3.05) is 6.54 Å². The van der Waals surface area contributed by atoms with Crippen LogP contribution in [-0.2, 0) is 9.59 Å². The summed E-state index contributed by atoms with van der Waals surface area (Å²) in [5, 5.41) is 6.21. The van der Waals surface area contributed by atoms with E-state index >= 15 is 0 Å². The summed E-state index contributed by atoms with van der Waals surface area (Å²) in [6.07, 6.45) is 2.64. The molecule has 4 nitrogen and oxygen atoms in total. The van der Waals surface area contributed by atoms with Crippen molar-refractivity contribution in [1.82, 2.24) is 10.6 Å². The minimum absolute atomic E-state index is 0.000124. The Bertz CT molecular complexity index is 324. The second-order valence-corrected chi connectivity index (χ2v) is 7.54. The lowest BCUT2D eigenvalue weighted by Crippen LogP contribution is -2.50. The summed E-state index contributed by atoms with van der Waals surface area (Å²) in [5.74, 6) is 0.257. The summed E-state index contributed by atoms with van der Waals surface area (Å²) in [6.45, 7) is 14.3. The highest BCUT2D eigenvalue weighted by atomic mass is 16.1. The van der Waals surface area contributed by atoms with Gasteiger partial charge in [0.05, 0.1) is 6.04 Å². The molecule has 1 unspecified atom stereocenters. The molecule has 0 bridgehead atoms. The van der Waals surface area contributed by atoms with Gasteiger partial charge in [0.1, 0.15) is 0 Å². The first-order chi connectivity index (χ1) is 8.93. The lowest BCUT2D eigenvalue weighted by Gasteiger charge is -2.31. The van der Waals surface area contributed by atoms with Gasteiger partial charge in [-0.3, -0.25) is 9.59 Å². The fourth-order valence-corrected chi connectivity index (χ4v) is 2.05. The number of ketones is 1. The van der Waals surface area contributed by atoms with E-state index in [0.717, 1.165) is 19.3 Å². The molecule has 0 rings (SSSR count). The summed E-state index contributed by atoms with van der Waals surface area (Å²) in [7, 11) is 0. The van der Waals surface area contributed by atoms with E-state index in [-0.39, 0.29) is 28.7 Å². The lowest BCUT2D eigenvalue weighted by molar-refractivity contribution is -0.129.